The lowest BCUT2D eigenvalue weighted by Crippen LogP contribution is -2.26. The van der Waals surface area contributed by atoms with Gasteiger partial charge in [-0.15, -0.1) is 0 Å². The second-order valence-electron chi connectivity index (χ2n) is 7.67. The van der Waals surface area contributed by atoms with Crippen molar-refractivity contribution in [1.82, 2.24) is 4.57 Å². The third-order valence-corrected chi connectivity index (χ3v) is 5.75. The maximum atomic E-state index is 15.5. The number of hydrogen-bond acceptors (Lipinski definition) is 4. The van der Waals surface area contributed by atoms with Crippen molar-refractivity contribution >= 4 is 28.8 Å². The van der Waals surface area contributed by atoms with Crippen molar-refractivity contribution < 1.29 is 13.9 Å². The molecule has 28 heavy (non-hydrogen) atoms. The van der Waals surface area contributed by atoms with Crippen LogP contribution >= 0.6 is 0 Å². The van der Waals surface area contributed by atoms with Gasteiger partial charge in [-0.1, -0.05) is 12.7 Å². The fraction of sp³-hybridized carbons (Fsp3) is 0.429. The van der Waals surface area contributed by atoms with Gasteiger partial charge in [-0.25, -0.2) is 9.18 Å². The number of carbonyl (C=O) groups excluding carboxylic acids is 1. The van der Waals surface area contributed by atoms with E-state index in [0.717, 1.165) is 30.3 Å². The first-order chi connectivity index (χ1) is 13.4. The van der Waals surface area contributed by atoms with Crippen molar-refractivity contribution in [2.75, 3.05) is 24.6 Å². The van der Waals surface area contributed by atoms with Gasteiger partial charge in [-0.2, -0.15) is 0 Å². The molecule has 1 aromatic carbocycles. The summed E-state index contributed by atoms with van der Waals surface area (Å²) in [6.07, 6.45) is 3.42. The summed E-state index contributed by atoms with van der Waals surface area (Å²) in [6.45, 7) is 7.11. The molecule has 1 saturated carbocycles. The highest BCUT2D eigenvalue weighted by molar-refractivity contribution is 5.95. The molecular formula is C21H24FN3O3. The molecule has 0 radical (unpaired) electrons. The third-order valence-electron chi connectivity index (χ3n) is 5.75. The predicted octanol–water partition coefficient (Wildman–Crippen LogP) is 3.35. The fourth-order valence-corrected chi connectivity index (χ4v) is 4.32. The number of primary amides is 1. The zero-order valence-corrected chi connectivity index (χ0v) is 15.9. The first-order valence-corrected chi connectivity index (χ1v) is 9.59. The number of amides is 1. The Labute approximate surface area is 162 Å². The summed E-state index contributed by atoms with van der Waals surface area (Å²) >= 11 is 0. The largest absolute Gasteiger partial charge is 0.449 e. The molecule has 1 amide bonds. The number of benzene rings is 1. The molecule has 7 heteroatoms. The van der Waals surface area contributed by atoms with Gasteiger partial charge in [0, 0.05) is 42.1 Å². The quantitative estimate of drug-likeness (QED) is 0.856. The van der Waals surface area contributed by atoms with Crippen molar-refractivity contribution in [3.63, 3.8) is 0 Å². The van der Waals surface area contributed by atoms with Crippen LogP contribution in [0.15, 0.2) is 23.5 Å². The number of ether oxygens (including phenoxy) is 1. The van der Waals surface area contributed by atoms with E-state index in [1.54, 1.807) is 6.07 Å². The Bertz CT molecular complexity index is 1030. The highest BCUT2D eigenvalue weighted by Gasteiger charge is 2.32. The summed E-state index contributed by atoms with van der Waals surface area (Å²) in [4.78, 5) is 25.4. The molecule has 2 N–H and O–H groups in total. The lowest BCUT2D eigenvalue weighted by atomic mass is 10.00. The van der Waals surface area contributed by atoms with Gasteiger partial charge in [0.15, 0.2) is 5.82 Å². The van der Waals surface area contributed by atoms with Gasteiger partial charge in [0.1, 0.15) is 0 Å². The molecule has 148 valence electrons. The Morgan fingerprint density at radius 3 is 2.79 bits per heavy atom. The van der Waals surface area contributed by atoms with E-state index in [2.05, 4.69) is 6.58 Å². The van der Waals surface area contributed by atoms with Crippen molar-refractivity contribution in [1.29, 1.82) is 0 Å². The Balaban J connectivity index is 1.83. The van der Waals surface area contributed by atoms with Crippen LogP contribution in [0.25, 0.3) is 17.0 Å². The average Bonchev–Trinajstić information content (AvgIpc) is 3.39. The molecule has 0 spiro atoms. The SMILES string of the molecule is C=Cc1c(F)c(N2CCC(COC(N)=O)C2)c(C)c2c1ccc(=O)n2C1CC1. The number of pyridine rings is 1. The first-order valence-electron chi connectivity index (χ1n) is 9.59. The predicted molar refractivity (Wildman–Crippen MR) is 107 cm³/mol. The minimum atomic E-state index is -0.797. The van der Waals surface area contributed by atoms with Crippen LogP contribution in [-0.2, 0) is 4.74 Å². The molecule has 2 aliphatic rings. The average molecular weight is 385 g/mol. The van der Waals surface area contributed by atoms with Crippen molar-refractivity contribution in [2.24, 2.45) is 11.7 Å². The number of halogens is 1. The van der Waals surface area contributed by atoms with Crippen LogP contribution in [0.4, 0.5) is 14.9 Å². The molecular weight excluding hydrogens is 361 g/mol. The maximum absolute atomic E-state index is 15.5. The molecule has 1 aromatic heterocycles. The van der Waals surface area contributed by atoms with E-state index in [9.17, 15) is 9.59 Å². The van der Waals surface area contributed by atoms with Crippen molar-refractivity contribution in [3.05, 3.63) is 46.0 Å². The number of fused-ring (bicyclic) bond motifs is 1. The van der Waals surface area contributed by atoms with Crippen LogP contribution in [0.2, 0.25) is 0 Å². The topological polar surface area (TPSA) is 77.6 Å². The lowest BCUT2D eigenvalue weighted by Gasteiger charge is -2.25. The molecule has 2 aromatic rings. The summed E-state index contributed by atoms with van der Waals surface area (Å²) < 4.78 is 22.2. The number of hydrogen-bond donors (Lipinski definition) is 1. The van der Waals surface area contributed by atoms with Gasteiger partial charge >= 0.3 is 6.09 Å². The minimum Gasteiger partial charge on any atom is -0.449 e. The summed E-state index contributed by atoms with van der Waals surface area (Å²) in [5, 5.41) is 0.716. The minimum absolute atomic E-state index is 0.0557. The number of nitrogens with two attached hydrogens (primary N) is 1. The number of aromatic nitrogens is 1. The van der Waals surface area contributed by atoms with Crippen LogP contribution in [0, 0.1) is 18.7 Å². The van der Waals surface area contributed by atoms with Gasteiger partial charge in [-0.05, 0) is 37.8 Å². The van der Waals surface area contributed by atoms with Gasteiger partial charge in [0.05, 0.1) is 17.8 Å². The zero-order valence-electron chi connectivity index (χ0n) is 15.9. The second-order valence-corrected chi connectivity index (χ2v) is 7.67. The molecule has 4 rings (SSSR count). The Morgan fingerprint density at radius 2 is 2.14 bits per heavy atom. The highest BCUT2D eigenvalue weighted by atomic mass is 19.1. The van der Waals surface area contributed by atoms with Gasteiger partial charge in [-0.3, -0.25) is 4.79 Å². The maximum Gasteiger partial charge on any atom is 0.404 e. The molecule has 1 unspecified atom stereocenters. The molecule has 1 aliphatic heterocycles. The van der Waals surface area contributed by atoms with E-state index in [1.807, 2.05) is 16.4 Å². The molecule has 1 saturated heterocycles. The number of carbonyl (C=O) groups is 1. The van der Waals surface area contributed by atoms with Crippen LogP contribution in [-0.4, -0.2) is 30.4 Å². The zero-order chi connectivity index (χ0) is 20.0. The second kappa shape index (κ2) is 6.96. The van der Waals surface area contributed by atoms with Gasteiger partial charge in [0.2, 0.25) is 0 Å². The molecule has 6 nitrogen and oxygen atoms in total. The van der Waals surface area contributed by atoms with Crippen LogP contribution in [0.3, 0.4) is 0 Å². The van der Waals surface area contributed by atoms with E-state index < -0.39 is 6.09 Å². The molecule has 1 aliphatic carbocycles. The van der Waals surface area contributed by atoms with Crippen LogP contribution < -0.4 is 16.2 Å². The lowest BCUT2D eigenvalue weighted by molar-refractivity contribution is 0.140. The fourth-order valence-electron chi connectivity index (χ4n) is 4.32. The Hall–Kier alpha value is -2.83. The van der Waals surface area contributed by atoms with Gasteiger partial charge in [0.25, 0.3) is 5.56 Å². The van der Waals surface area contributed by atoms with E-state index in [0.29, 0.717) is 29.7 Å². The number of rotatable bonds is 5. The standard InChI is InChI=1S/C21H24FN3O3/c1-3-15-16-6-7-17(26)25(14-4-5-14)19(16)12(2)20(18(15)22)24-9-8-13(10-24)11-28-21(23)27/h3,6-7,13-14H,1,4-5,8-11H2,2H3,(H2,23,27). The van der Waals surface area contributed by atoms with Gasteiger partial charge < -0.3 is 19.9 Å². The van der Waals surface area contributed by atoms with E-state index >= 15 is 4.39 Å². The highest BCUT2D eigenvalue weighted by Crippen LogP contribution is 2.41. The van der Waals surface area contributed by atoms with Crippen molar-refractivity contribution in [3.8, 4) is 0 Å². The summed E-state index contributed by atoms with van der Waals surface area (Å²) in [7, 11) is 0. The normalized spacial score (nSPS) is 19.2. The van der Waals surface area contributed by atoms with E-state index in [-0.39, 0.29) is 29.9 Å². The first kappa shape index (κ1) is 18.5. The van der Waals surface area contributed by atoms with Crippen molar-refractivity contribution in [2.45, 2.75) is 32.2 Å². The smallest absolute Gasteiger partial charge is 0.404 e. The monoisotopic (exact) mass is 385 g/mol. The molecule has 2 heterocycles. The number of aryl methyl sites for hydroxylation is 1. The van der Waals surface area contributed by atoms with Crippen LogP contribution in [0.1, 0.15) is 36.4 Å². The number of anilines is 1. The molecule has 1 atom stereocenters. The Kier molecular flexibility index (Phi) is 4.61. The number of nitrogens with zero attached hydrogens (tertiary/aromatic N) is 2. The summed E-state index contributed by atoms with van der Waals surface area (Å²) in [5.41, 5.74) is 7.47. The van der Waals surface area contributed by atoms with Crippen LogP contribution in [0.5, 0.6) is 0 Å². The molecule has 2 fully saturated rings. The Morgan fingerprint density at radius 1 is 1.39 bits per heavy atom. The van der Waals surface area contributed by atoms with E-state index in [4.69, 9.17) is 10.5 Å². The summed E-state index contributed by atoms with van der Waals surface area (Å²) in [5.74, 6) is -0.229. The summed E-state index contributed by atoms with van der Waals surface area (Å²) in [6, 6.07) is 3.39. The van der Waals surface area contributed by atoms with E-state index in [1.165, 1.54) is 12.1 Å². The molecule has 0 bridgehead atoms. The third kappa shape index (κ3) is 3.04.